The lowest BCUT2D eigenvalue weighted by Gasteiger charge is -2.08. The molecule has 0 fully saturated rings. The number of hydrogen-bond donors (Lipinski definition) is 1. The van der Waals surface area contributed by atoms with Crippen LogP contribution in [0.3, 0.4) is 0 Å². The van der Waals surface area contributed by atoms with Crippen LogP contribution in [0.4, 0.5) is 5.82 Å². The Morgan fingerprint density at radius 3 is 2.90 bits per heavy atom. The van der Waals surface area contributed by atoms with Crippen LogP contribution in [-0.4, -0.2) is 22.3 Å². The van der Waals surface area contributed by atoms with E-state index >= 15 is 0 Å². The second-order valence-corrected chi connectivity index (χ2v) is 4.64. The number of nitrogens with zero attached hydrogens (tertiary/aromatic N) is 3. The molecule has 21 heavy (non-hydrogen) atoms. The van der Waals surface area contributed by atoms with Gasteiger partial charge < -0.3 is 10.1 Å². The van der Waals surface area contributed by atoms with Gasteiger partial charge in [-0.1, -0.05) is 6.07 Å². The van der Waals surface area contributed by atoms with Gasteiger partial charge in [-0.05, 0) is 37.1 Å². The van der Waals surface area contributed by atoms with Crippen molar-refractivity contribution < 1.29 is 9.53 Å². The van der Waals surface area contributed by atoms with Gasteiger partial charge in [0, 0.05) is 12.3 Å². The molecule has 0 atom stereocenters. The van der Waals surface area contributed by atoms with Crippen molar-refractivity contribution in [2.24, 2.45) is 0 Å². The van der Waals surface area contributed by atoms with Crippen LogP contribution in [0.2, 0.25) is 0 Å². The lowest BCUT2D eigenvalue weighted by atomic mass is 10.1. The summed E-state index contributed by atoms with van der Waals surface area (Å²) in [5, 5.41) is 15.2. The Labute approximate surface area is 123 Å². The highest BCUT2D eigenvalue weighted by molar-refractivity contribution is 5.90. The molecule has 6 nitrogen and oxygen atoms in total. The summed E-state index contributed by atoms with van der Waals surface area (Å²) in [4.78, 5) is 11.8. The number of amides is 1. The normalized spacial score (nSPS) is 9.95. The van der Waals surface area contributed by atoms with Crippen LogP contribution in [0.15, 0.2) is 30.5 Å². The molecule has 0 saturated carbocycles. The summed E-state index contributed by atoms with van der Waals surface area (Å²) < 4.78 is 6.88. The third-order valence-electron chi connectivity index (χ3n) is 2.99. The zero-order valence-electron chi connectivity index (χ0n) is 12.0. The van der Waals surface area contributed by atoms with E-state index in [9.17, 15) is 4.79 Å². The van der Waals surface area contributed by atoms with Crippen molar-refractivity contribution in [3.63, 3.8) is 0 Å². The Morgan fingerprint density at radius 1 is 1.38 bits per heavy atom. The van der Waals surface area contributed by atoms with E-state index in [1.807, 2.05) is 38.1 Å². The van der Waals surface area contributed by atoms with Crippen molar-refractivity contribution in [2.45, 2.75) is 20.4 Å². The molecule has 0 aliphatic rings. The zero-order chi connectivity index (χ0) is 15.2. The summed E-state index contributed by atoms with van der Waals surface area (Å²) in [6.45, 7) is 4.07. The Hall–Kier alpha value is -2.81. The van der Waals surface area contributed by atoms with Crippen molar-refractivity contribution in [3.8, 4) is 11.8 Å². The highest BCUT2D eigenvalue weighted by atomic mass is 16.5. The molecule has 0 spiro atoms. The van der Waals surface area contributed by atoms with E-state index in [-0.39, 0.29) is 19.1 Å². The van der Waals surface area contributed by atoms with Gasteiger partial charge in [-0.2, -0.15) is 10.4 Å². The van der Waals surface area contributed by atoms with Gasteiger partial charge in [0.15, 0.2) is 12.4 Å². The molecule has 0 aliphatic carbocycles. The number of aromatic nitrogens is 2. The van der Waals surface area contributed by atoms with E-state index < -0.39 is 0 Å². The number of nitrogens with one attached hydrogen (secondary N) is 1. The van der Waals surface area contributed by atoms with Gasteiger partial charge in [-0.3, -0.25) is 9.48 Å². The second kappa shape index (κ2) is 6.57. The van der Waals surface area contributed by atoms with E-state index in [1.165, 1.54) is 10.2 Å². The Balaban J connectivity index is 1.86. The first-order valence-corrected chi connectivity index (χ1v) is 6.49. The predicted octanol–water partition coefficient (Wildman–Crippen LogP) is 2.04. The maximum absolute atomic E-state index is 11.8. The summed E-state index contributed by atoms with van der Waals surface area (Å²) in [6, 6.07) is 9.27. The highest BCUT2D eigenvalue weighted by Crippen LogP contribution is 2.16. The Bertz CT molecular complexity index is 685. The lowest BCUT2D eigenvalue weighted by Crippen LogP contribution is -2.20. The van der Waals surface area contributed by atoms with Gasteiger partial charge in [0.1, 0.15) is 12.3 Å². The molecule has 0 radical (unpaired) electrons. The van der Waals surface area contributed by atoms with Crippen molar-refractivity contribution in [3.05, 3.63) is 41.6 Å². The number of rotatable bonds is 5. The van der Waals surface area contributed by atoms with Crippen LogP contribution in [0.25, 0.3) is 0 Å². The summed E-state index contributed by atoms with van der Waals surface area (Å²) in [5.41, 5.74) is 2.29. The van der Waals surface area contributed by atoms with Crippen molar-refractivity contribution in [2.75, 3.05) is 11.9 Å². The third kappa shape index (κ3) is 4.08. The summed E-state index contributed by atoms with van der Waals surface area (Å²) in [7, 11) is 0. The van der Waals surface area contributed by atoms with E-state index in [0.29, 0.717) is 11.6 Å². The molecule has 2 rings (SSSR count). The SMILES string of the molecule is Cc1ccc(OCC(=O)Nc2ccn(CC#N)n2)cc1C. The molecule has 1 amide bonds. The van der Waals surface area contributed by atoms with Crippen molar-refractivity contribution in [1.82, 2.24) is 9.78 Å². The van der Waals surface area contributed by atoms with E-state index in [1.54, 1.807) is 12.3 Å². The number of carbonyl (C=O) groups is 1. The van der Waals surface area contributed by atoms with Crippen molar-refractivity contribution in [1.29, 1.82) is 5.26 Å². The zero-order valence-corrected chi connectivity index (χ0v) is 12.0. The van der Waals surface area contributed by atoms with E-state index in [2.05, 4.69) is 10.4 Å². The average Bonchev–Trinajstić information content (AvgIpc) is 2.88. The fourth-order valence-corrected chi connectivity index (χ4v) is 1.72. The fraction of sp³-hybridized carbons (Fsp3) is 0.267. The van der Waals surface area contributed by atoms with Gasteiger partial charge in [0.25, 0.3) is 5.91 Å². The summed E-state index contributed by atoms with van der Waals surface area (Å²) >= 11 is 0. The fourth-order valence-electron chi connectivity index (χ4n) is 1.72. The molecule has 1 heterocycles. The van der Waals surface area contributed by atoms with Crippen LogP contribution in [0, 0.1) is 25.2 Å². The molecule has 0 aliphatic heterocycles. The number of ether oxygens (including phenoxy) is 1. The number of hydrogen-bond acceptors (Lipinski definition) is 4. The molecule has 1 N–H and O–H groups in total. The molecular formula is C15H16N4O2. The first-order chi connectivity index (χ1) is 10.1. The molecule has 2 aromatic rings. The molecule has 0 bridgehead atoms. The van der Waals surface area contributed by atoms with Crippen LogP contribution >= 0.6 is 0 Å². The van der Waals surface area contributed by atoms with Gasteiger partial charge >= 0.3 is 0 Å². The van der Waals surface area contributed by atoms with Crippen LogP contribution in [0.1, 0.15) is 11.1 Å². The number of benzene rings is 1. The Morgan fingerprint density at radius 2 is 2.19 bits per heavy atom. The monoisotopic (exact) mass is 284 g/mol. The number of nitriles is 1. The van der Waals surface area contributed by atoms with E-state index in [0.717, 1.165) is 5.56 Å². The maximum atomic E-state index is 11.8. The molecule has 108 valence electrons. The quantitative estimate of drug-likeness (QED) is 0.911. The minimum Gasteiger partial charge on any atom is -0.484 e. The maximum Gasteiger partial charge on any atom is 0.263 e. The van der Waals surface area contributed by atoms with Crippen LogP contribution in [-0.2, 0) is 11.3 Å². The number of carbonyl (C=O) groups excluding carboxylic acids is 1. The largest absolute Gasteiger partial charge is 0.484 e. The van der Waals surface area contributed by atoms with E-state index in [4.69, 9.17) is 10.00 Å². The minimum atomic E-state index is -0.296. The molecule has 0 saturated heterocycles. The summed E-state index contributed by atoms with van der Waals surface area (Å²) in [6.07, 6.45) is 1.63. The lowest BCUT2D eigenvalue weighted by molar-refractivity contribution is -0.118. The number of anilines is 1. The van der Waals surface area contributed by atoms with Gasteiger partial charge in [0.2, 0.25) is 0 Å². The van der Waals surface area contributed by atoms with Crippen molar-refractivity contribution >= 4 is 11.7 Å². The Kier molecular flexibility index (Phi) is 4.57. The number of aryl methyl sites for hydroxylation is 2. The topological polar surface area (TPSA) is 79.9 Å². The van der Waals surface area contributed by atoms with Crippen LogP contribution in [0.5, 0.6) is 5.75 Å². The minimum absolute atomic E-state index is 0.0897. The molecule has 1 aromatic carbocycles. The first-order valence-electron chi connectivity index (χ1n) is 6.49. The smallest absolute Gasteiger partial charge is 0.263 e. The van der Waals surface area contributed by atoms with Gasteiger partial charge in [0.05, 0.1) is 6.07 Å². The summed E-state index contributed by atoms with van der Waals surface area (Å²) in [5.74, 6) is 0.762. The second-order valence-electron chi connectivity index (χ2n) is 4.64. The standard InChI is InChI=1S/C15H16N4O2/c1-11-3-4-13(9-12(11)2)21-10-15(20)17-14-5-7-19(18-14)8-6-16/h3-5,7,9H,8,10H2,1-2H3,(H,17,18,20). The first kappa shape index (κ1) is 14.6. The molecule has 1 aromatic heterocycles. The third-order valence-corrected chi connectivity index (χ3v) is 2.99. The molecule has 6 heteroatoms. The van der Waals surface area contributed by atoms with Crippen LogP contribution < -0.4 is 10.1 Å². The highest BCUT2D eigenvalue weighted by Gasteiger charge is 2.06. The molecular weight excluding hydrogens is 268 g/mol. The van der Waals surface area contributed by atoms with Gasteiger partial charge in [-0.15, -0.1) is 0 Å². The average molecular weight is 284 g/mol. The predicted molar refractivity (Wildman–Crippen MR) is 77.9 cm³/mol. The molecule has 0 unspecified atom stereocenters. The van der Waals surface area contributed by atoms with Gasteiger partial charge in [-0.25, -0.2) is 0 Å².